The Morgan fingerprint density at radius 1 is 1.35 bits per heavy atom. The van der Waals surface area contributed by atoms with E-state index in [1.807, 2.05) is 31.2 Å². The van der Waals surface area contributed by atoms with Gasteiger partial charge < -0.3 is 10.6 Å². The Morgan fingerprint density at radius 2 is 2.10 bits per heavy atom. The second kappa shape index (κ2) is 6.14. The molecule has 2 amide bonds. The molecule has 2 aromatic rings. The summed E-state index contributed by atoms with van der Waals surface area (Å²) in [6.45, 7) is 3.75. The summed E-state index contributed by atoms with van der Waals surface area (Å²) in [4.78, 5) is 22.3. The maximum atomic E-state index is 11.6. The highest BCUT2D eigenvalue weighted by Crippen LogP contribution is 2.09. The molecule has 0 aliphatic heterocycles. The Labute approximate surface area is 116 Å². The van der Waals surface area contributed by atoms with Gasteiger partial charge in [0.05, 0.1) is 18.6 Å². The van der Waals surface area contributed by atoms with E-state index in [1.165, 1.54) is 6.92 Å². The van der Waals surface area contributed by atoms with E-state index in [4.69, 9.17) is 0 Å². The van der Waals surface area contributed by atoms with Crippen molar-refractivity contribution in [2.24, 2.45) is 0 Å². The molecule has 0 spiro atoms. The van der Waals surface area contributed by atoms with Gasteiger partial charge in [0, 0.05) is 13.0 Å². The van der Waals surface area contributed by atoms with Gasteiger partial charge >= 0.3 is 0 Å². The van der Waals surface area contributed by atoms with Gasteiger partial charge in [0.25, 0.3) is 0 Å². The molecule has 0 unspecified atom stereocenters. The minimum absolute atomic E-state index is 0.0161. The number of carbonyl (C=O) groups excluding carboxylic acids is 2. The molecule has 106 valence electrons. The summed E-state index contributed by atoms with van der Waals surface area (Å²) in [5.74, 6) is -0.452. The van der Waals surface area contributed by atoms with E-state index in [0.717, 1.165) is 11.0 Å². The lowest BCUT2D eigenvalue weighted by Crippen LogP contribution is -2.42. The molecule has 0 radical (unpaired) electrons. The number of fused-ring (bicyclic) bond motifs is 1. The van der Waals surface area contributed by atoms with Gasteiger partial charge in [0.15, 0.2) is 0 Å². The molecular weight excluding hydrogens is 258 g/mol. The van der Waals surface area contributed by atoms with Gasteiger partial charge in [-0.05, 0) is 19.1 Å². The largest absolute Gasteiger partial charge is 0.350 e. The van der Waals surface area contributed by atoms with Gasteiger partial charge in [-0.2, -0.15) is 0 Å². The van der Waals surface area contributed by atoms with Crippen LogP contribution in [0.1, 0.15) is 13.8 Å². The van der Waals surface area contributed by atoms with Crippen molar-refractivity contribution < 1.29 is 9.59 Å². The molecule has 1 aromatic carbocycles. The molecule has 1 atom stereocenters. The van der Waals surface area contributed by atoms with Crippen molar-refractivity contribution in [1.29, 1.82) is 0 Å². The Balaban J connectivity index is 1.92. The first-order valence-electron chi connectivity index (χ1n) is 6.38. The maximum Gasteiger partial charge on any atom is 0.239 e. The number of aromatic nitrogens is 3. The van der Waals surface area contributed by atoms with E-state index in [0.29, 0.717) is 6.54 Å². The summed E-state index contributed by atoms with van der Waals surface area (Å²) in [5, 5.41) is 13.4. The first-order valence-corrected chi connectivity index (χ1v) is 6.38. The summed E-state index contributed by atoms with van der Waals surface area (Å²) in [7, 11) is 0. The quantitative estimate of drug-likeness (QED) is 0.808. The first-order chi connectivity index (χ1) is 9.56. The van der Waals surface area contributed by atoms with Crippen molar-refractivity contribution in [2.45, 2.75) is 26.4 Å². The predicted octanol–water partition coefficient (Wildman–Crippen LogP) is 0.0721. The molecule has 0 saturated carbocycles. The molecule has 7 nitrogen and oxygen atoms in total. The molecule has 2 rings (SSSR count). The van der Waals surface area contributed by atoms with Gasteiger partial charge in [0.1, 0.15) is 5.52 Å². The van der Waals surface area contributed by atoms with Crippen LogP contribution in [0.2, 0.25) is 0 Å². The van der Waals surface area contributed by atoms with Crippen LogP contribution < -0.4 is 10.6 Å². The van der Waals surface area contributed by atoms with Gasteiger partial charge in [-0.15, -0.1) is 5.10 Å². The zero-order chi connectivity index (χ0) is 14.5. The summed E-state index contributed by atoms with van der Waals surface area (Å²) in [6, 6.07) is 7.53. The number of carbonyl (C=O) groups is 2. The minimum Gasteiger partial charge on any atom is -0.350 e. The summed E-state index contributed by atoms with van der Waals surface area (Å²) >= 11 is 0. The first kappa shape index (κ1) is 14.0. The number of hydrogen-bond donors (Lipinski definition) is 2. The lowest BCUT2D eigenvalue weighted by molar-refractivity contribution is -0.125. The van der Waals surface area contributed by atoms with Crippen LogP contribution in [-0.2, 0) is 16.1 Å². The molecule has 7 heteroatoms. The molecule has 1 heterocycles. The third-order valence-corrected chi connectivity index (χ3v) is 2.77. The van der Waals surface area contributed by atoms with Crippen LogP contribution in [0.3, 0.4) is 0 Å². The number of nitrogens with zero attached hydrogens (tertiary/aromatic N) is 3. The average molecular weight is 275 g/mol. The normalized spacial score (nSPS) is 12.1. The fraction of sp³-hybridized carbons (Fsp3) is 0.385. The zero-order valence-electron chi connectivity index (χ0n) is 11.5. The van der Waals surface area contributed by atoms with Crippen molar-refractivity contribution in [3.63, 3.8) is 0 Å². The molecule has 20 heavy (non-hydrogen) atoms. The van der Waals surface area contributed by atoms with Crippen molar-refractivity contribution in [2.75, 3.05) is 6.54 Å². The van der Waals surface area contributed by atoms with Gasteiger partial charge in [-0.25, -0.2) is 4.68 Å². The molecular formula is C13H17N5O2. The van der Waals surface area contributed by atoms with Crippen molar-refractivity contribution in [3.05, 3.63) is 24.3 Å². The topological polar surface area (TPSA) is 88.9 Å². The molecule has 0 aliphatic rings. The highest BCUT2D eigenvalue weighted by Gasteiger charge is 2.11. The Morgan fingerprint density at radius 3 is 2.85 bits per heavy atom. The Hall–Kier alpha value is -2.44. The summed E-state index contributed by atoms with van der Waals surface area (Å²) < 4.78 is 1.75. The molecule has 1 aromatic heterocycles. The lowest BCUT2D eigenvalue weighted by atomic mass is 10.3. The Bertz CT molecular complexity index is 622. The van der Waals surface area contributed by atoms with Crippen LogP contribution in [0.4, 0.5) is 0 Å². The Kier molecular flexibility index (Phi) is 4.29. The number of amides is 2. The third-order valence-electron chi connectivity index (χ3n) is 2.77. The van der Waals surface area contributed by atoms with Crippen LogP contribution in [0.25, 0.3) is 11.0 Å². The molecule has 0 bridgehead atoms. The standard InChI is InChI=1S/C13H17N5O2/c1-9(15-13(20)7-14-10(2)19)8-18-12-6-4-3-5-11(12)16-17-18/h3-6,9H,7-8H2,1-2H3,(H,14,19)(H,15,20)/t9-/m1/s1. The third kappa shape index (κ3) is 3.53. The molecule has 0 saturated heterocycles. The van der Waals surface area contributed by atoms with E-state index in [-0.39, 0.29) is 24.4 Å². The van der Waals surface area contributed by atoms with Crippen LogP contribution in [0.5, 0.6) is 0 Å². The van der Waals surface area contributed by atoms with E-state index in [9.17, 15) is 9.59 Å². The van der Waals surface area contributed by atoms with Crippen LogP contribution in [-0.4, -0.2) is 39.4 Å². The van der Waals surface area contributed by atoms with Gasteiger partial charge in [-0.3, -0.25) is 9.59 Å². The van der Waals surface area contributed by atoms with E-state index < -0.39 is 0 Å². The van der Waals surface area contributed by atoms with Crippen molar-refractivity contribution >= 4 is 22.8 Å². The van der Waals surface area contributed by atoms with Crippen molar-refractivity contribution in [3.8, 4) is 0 Å². The summed E-state index contributed by atoms with van der Waals surface area (Å²) in [5.41, 5.74) is 1.75. The second-order valence-corrected chi connectivity index (χ2v) is 4.64. The monoisotopic (exact) mass is 275 g/mol. The fourth-order valence-electron chi connectivity index (χ4n) is 1.89. The average Bonchev–Trinajstić information content (AvgIpc) is 2.80. The van der Waals surface area contributed by atoms with Crippen molar-refractivity contribution in [1.82, 2.24) is 25.6 Å². The number of para-hydroxylation sites is 1. The zero-order valence-corrected chi connectivity index (χ0v) is 11.5. The summed E-state index contributed by atoms with van der Waals surface area (Å²) in [6.07, 6.45) is 0. The second-order valence-electron chi connectivity index (χ2n) is 4.64. The maximum absolute atomic E-state index is 11.6. The van der Waals surface area contributed by atoms with E-state index in [2.05, 4.69) is 20.9 Å². The van der Waals surface area contributed by atoms with Crippen LogP contribution in [0.15, 0.2) is 24.3 Å². The van der Waals surface area contributed by atoms with Gasteiger partial charge in [-0.1, -0.05) is 17.3 Å². The minimum atomic E-state index is -0.227. The van der Waals surface area contributed by atoms with E-state index >= 15 is 0 Å². The number of rotatable bonds is 5. The predicted molar refractivity (Wildman–Crippen MR) is 73.8 cm³/mol. The number of hydrogen-bond acceptors (Lipinski definition) is 4. The van der Waals surface area contributed by atoms with Crippen LogP contribution >= 0.6 is 0 Å². The molecule has 0 fully saturated rings. The molecule has 0 aliphatic carbocycles. The fourth-order valence-corrected chi connectivity index (χ4v) is 1.89. The smallest absolute Gasteiger partial charge is 0.239 e. The lowest BCUT2D eigenvalue weighted by Gasteiger charge is -2.14. The SMILES string of the molecule is CC(=O)NCC(=O)N[C@H](C)Cn1nnc2ccccc21. The van der Waals surface area contributed by atoms with Gasteiger partial charge in [0.2, 0.25) is 11.8 Å². The highest BCUT2D eigenvalue weighted by molar-refractivity contribution is 5.83. The number of benzene rings is 1. The number of nitrogens with one attached hydrogen (secondary N) is 2. The van der Waals surface area contributed by atoms with Crippen LogP contribution in [0, 0.1) is 0 Å². The van der Waals surface area contributed by atoms with E-state index in [1.54, 1.807) is 4.68 Å². The molecule has 2 N–H and O–H groups in total. The highest BCUT2D eigenvalue weighted by atomic mass is 16.2.